The van der Waals surface area contributed by atoms with Gasteiger partial charge >= 0.3 is 0 Å². The zero-order valence-electron chi connectivity index (χ0n) is 11.5. The fraction of sp³-hybridized carbons (Fsp3) is 0.600. The third-order valence-electron chi connectivity index (χ3n) is 3.57. The second kappa shape index (κ2) is 7.12. The number of piperidine rings is 1. The maximum atomic E-state index is 12.0. The Morgan fingerprint density at radius 2 is 2.26 bits per heavy atom. The highest BCUT2D eigenvalue weighted by molar-refractivity contribution is 5.76. The zero-order valence-corrected chi connectivity index (χ0v) is 11.5. The van der Waals surface area contributed by atoms with Crippen molar-refractivity contribution in [2.75, 3.05) is 19.7 Å². The highest BCUT2D eigenvalue weighted by Gasteiger charge is 2.19. The normalized spacial score (nSPS) is 16.4. The lowest BCUT2D eigenvalue weighted by Crippen LogP contribution is -2.37. The smallest absolute Gasteiger partial charge is 0.222 e. The summed E-state index contributed by atoms with van der Waals surface area (Å²) in [4.78, 5) is 17.9. The number of hydrogen-bond donors (Lipinski definition) is 0. The van der Waals surface area contributed by atoms with Crippen molar-refractivity contribution in [2.24, 2.45) is 5.92 Å². The van der Waals surface area contributed by atoms with Gasteiger partial charge in [-0.05, 0) is 37.3 Å². The topological polar surface area (TPSA) is 42.4 Å². The molecule has 1 aromatic heterocycles. The summed E-state index contributed by atoms with van der Waals surface area (Å²) in [5, 5.41) is 0. The second-order valence-electron chi connectivity index (χ2n) is 5.20. The molecule has 2 heterocycles. The Morgan fingerprint density at radius 1 is 1.47 bits per heavy atom. The first-order chi connectivity index (χ1) is 9.25. The highest BCUT2D eigenvalue weighted by Crippen LogP contribution is 2.17. The van der Waals surface area contributed by atoms with Gasteiger partial charge in [0.05, 0.1) is 12.8 Å². The predicted octanol–water partition coefficient (Wildman–Crippen LogP) is 2.50. The van der Waals surface area contributed by atoms with Gasteiger partial charge in [-0.1, -0.05) is 6.92 Å². The van der Waals surface area contributed by atoms with Crippen LogP contribution >= 0.6 is 0 Å². The van der Waals surface area contributed by atoms with Crippen LogP contribution in [-0.4, -0.2) is 35.5 Å². The van der Waals surface area contributed by atoms with Gasteiger partial charge in [0, 0.05) is 25.7 Å². The van der Waals surface area contributed by atoms with Gasteiger partial charge in [0.2, 0.25) is 5.91 Å². The van der Waals surface area contributed by atoms with Crippen LogP contribution in [0.2, 0.25) is 0 Å². The average Bonchev–Trinajstić information content (AvgIpc) is 2.45. The Kier molecular flexibility index (Phi) is 5.19. The van der Waals surface area contributed by atoms with Crippen molar-refractivity contribution in [1.29, 1.82) is 0 Å². The third-order valence-corrected chi connectivity index (χ3v) is 3.57. The maximum Gasteiger partial charge on any atom is 0.222 e. The lowest BCUT2D eigenvalue weighted by Gasteiger charge is -2.30. The van der Waals surface area contributed by atoms with Crippen LogP contribution in [0.15, 0.2) is 24.5 Å². The number of amides is 1. The van der Waals surface area contributed by atoms with Gasteiger partial charge in [-0.3, -0.25) is 9.78 Å². The van der Waals surface area contributed by atoms with Crippen LogP contribution in [0.1, 0.15) is 32.6 Å². The van der Waals surface area contributed by atoms with Crippen molar-refractivity contribution in [1.82, 2.24) is 9.88 Å². The fourth-order valence-corrected chi connectivity index (χ4v) is 2.26. The Morgan fingerprint density at radius 3 is 2.95 bits per heavy atom. The van der Waals surface area contributed by atoms with Crippen LogP contribution in [0.3, 0.4) is 0 Å². The van der Waals surface area contributed by atoms with E-state index in [4.69, 9.17) is 4.74 Å². The Bertz CT molecular complexity index is 386. The minimum Gasteiger partial charge on any atom is -0.492 e. The van der Waals surface area contributed by atoms with Crippen molar-refractivity contribution in [3.05, 3.63) is 24.5 Å². The largest absolute Gasteiger partial charge is 0.492 e. The summed E-state index contributed by atoms with van der Waals surface area (Å²) in [6.45, 7) is 4.66. The van der Waals surface area contributed by atoms with Gasteiger partial charge in [-0.15, -0.1) is 0 Å². The molecule has 0 spiro atoms. The maximum absolute atomic E-state index is 12.0. The van der Waals surface area contributed by atoms with Gasteiger partial charge in [0.25, 0.3) is 0 Å². The van der Waals surface area contributed by atoms with Crippen molar-refractivity contribution in [3.8, 4) is 5.75 Å². The molecular formula is C15H22N2O2. The lowest BCUT2D eigenvalue weighted by molar-refractivity contribution is -0.132. The van der Waals surface area contributed by atoms with E-state index in [0.717, 1.165) is 44.0 Å². The van der Waals surface area contributed by atoms with E-state index < -0.39 is 0 Å². The molecule has 19 heavy (non-hydrogen) atoms. The van der Waals surface area contributed by atoms with E-state index in [0.29, 0.717) is 13.0 Å². The molecule has 1 saturated heterocycles. The minimum absolute atomic E-state index is 0.265. The van der Waals surface area contributed by atoms with E-state index in [1.54, 1.807) is 12.4 Å². The van der Waals surface area contributed by atoms with Crippen molar-refractivity contribution in [2.45, 2.75) is 32.6 Å². The summed E-state index contributed by atoms with van der Waals surface area (Å²) in [6.07, 6.45) is 7.02. The van der Waals surface area contributed by atoms with E-state index >= 15 is 0 Å². The Hall–Kier alpha value is -1.58. The molecule has 0 bridgehead atoms. The fourth-order valence-electron chi connectivity index (χ4n) is 2.26. The molecule has 1 fully saturated rings. The number of carbonyl (C=O) groups is 1. The van der Waals surface area contributed by atoms with E-state index in [-0.39, 0.29) is 5.91 Å². The predicted molar refractivity (Wildman–Crippen MR) is 73.9 cm³/mol. The molecule has 0 radical (unpaired) electrons. The molecule has 4 nitrogen and oxygen atoms in total. The van der Waals surface area contributed by atoms with Gasteiger partial charge in [-0.25, -0.2) is 0 Å². The molecular weight excluding hydrogens is 240 g/mol. The number of rotatable bonds is 5. The van der Waals surface area contributed by atoms with E-state index in [1.165, 1.54) is 0 Å². The van der Waals surface area contributed by atoms with Gasteiger partial charge in [-0.2, -0.15) is 0 Å². The molecule has 104 valence electrons. The molecule has 0 aliphatic carbocycles. The zero-order chi connectivity index (χ0) is 13.5. The molecule has 0 saturated carbocycles. The number of pyridine rings is 1. The average molecular weight is 262 g/mol. The van der Waals surface area contributed by atoms with Crippen LogP contribution in [0.4, 0.5) is 0 Å². The SMILES string of the molecule is CC1CCN(C(=O)CCCOc2cccnc2)CC1. The minimum atomic E-state index is 0.265. The van der Waals surface area contributed by atoms with Crippen LogP contribution in [0.5, 0.6) is 5.75 Å². The standard InChI is InChI=1S/C15H22N2O2/c1-13-6-9-17(10-7-13)15(18)5-3-11-19-14-4-2-8-16-12-14/h2,4,8,12-13H,3,5-7,9-11H2,1H3. The lowest BCUT2D eigenvalue weighted by atomic mass is 9.99. The molecule has 0 atom stereocenters. The van der Waals surface area contributed by atoms with Crippen LogP contribution in [0, 0.1) is 5.92 Å². The summed E-state index contributed by atoms with van der Waals surface area (Å²) in [5.41, 5.74) is 0. The number of carbonyl (C=O) groups excluding carboxylic acids is 1. The Balaban J connectivity index is 1.61. The van der Waals surface area contributed by atoms with Gasteiger partial charge < -0.3 is 9.64 Å². The van der Waals surface area contributed by atoms with Crippen molar-refractivity contribution >= 4 is 5.91 Å². The summed E-state index contributed by atoms with van der Waals surface area (Å²) in [5.74, 6) is 1.79. The molecule has 4 heteroatoms. The summed E-state index contributed by atoms with van der Waals surface area (Å²) < 4.78 is 5.53. The first kappa shape index (κ1) is 13.8. The summed E-state index contributed by atoms with van der Waals surface area (Å²) in [7, 11) is 0. The molecule has 0 N–H and O–H groups in total. The first-order valence-corrected chi connectivity index (χ1v) is 7.06. The van der Waals surface area contributed by atoms with Crippen LogP contribution in [-0.2, 0) is 4.79 Å². The number of likely N-dealkylation sites (tertiary alicyclic amines) is 1. The van der Waals surface area contributed by atoms with E-state index in [1.807, 2.05) is 17.0 Å². The molecule has 0 aromatic carbocycles. The van der Waals surface area contributed by atoms with Crippen LogP contribution in [0.25, 0.3) is 0 Å². The van der Waals surface area contributed by atoms with E-state index in [2.05, 4.69) is 11.9 Å². The first-order valence-electron chi connectivity index (χ1n) is 7.06. The molecule has 1 aliphatic heterocycles. The molecule has 1 amide bonds. The van der Waals surface area contributed by atoms with Gasteiger partial charge in [0.1, 0.15) is 5.75 Å². The molecule has 1 aromatic rings. The number of ether oxygens (including phenoxy) is 1. The van der Waals surface area contributed by atoms with Crippen molar-refractivity contribution < 1.29 is 9.53 Å². The quantitative estimate of drug-likeness (QED) is 0.766. The Labute approximate surface area is 114 Å². The third kappa shape index (κ3) is 4.54. The number of hydrogen-bond acceptors (Lipinski definition) is 3. The summed E-state index contributed by atoms with van der Waals surface area (Å²) >= 11 is 0. The van der Waals surface area contributed by atoms with Crippen LogP contribution < -0.4 is 4.74 Å². The molecule has 0 unspecified atom stereocenters. The second-order valence-corrected chi connectivity index (χ2v) is 5.20. The van der Waals surface area contributed by atoms with Gasteiger partial charge in [0.15, 0.2) is 0 Å². The monoisotopic (exact) mass is 262 g/mol. The number of nitrogens with zero attached hydrogens (tertiary/aromatic N) is 2. The summed E-state index contributed by atoms with van der Waals surface area (Å²) in [6, 6.07) is 3.72. The highest BCUT2D eigenvalue weighted by atomic mass is 16.5. The van der Waals surface area contributed by atoms with Crippen molar-refractivity contribution in [3.63, 3.8) is 0 Å². The van der Waals surface area contributed by atoms with E-state index in [9.17, 15) is 4.79 Å². The molecule has 2 rings (SSSR count). The number of aromatic nitrogens is 1. The molecule has 1 aliphatic rings.